The van der Waals surface area contributed by atoms with E-state index in [1.807, 2.05) is 83.8 Å². The van der Waals surface area contributed by atoms with Gasteiger partial charge < -0.3 is 25.3 Å². The van der Waals surface area contributed by atoms with E-state index in [1.54, 1.807) is 31.3 Å². The predicted octanol–water partition coefficient (Wildman–Crippen LogP) is 8.59. The van der Waals surface area contributed by atoms with Crippen molar-refractivity contribution in [2.75, 3.05) is 55.8 Å². The number of aliphatic hydroxyl groups is 2. The first kappa shape index (κ1) is 47.1. The standard InChI is InChI=1S/C45H48ClF3N4O6S3/c1-52(27-28-54)24-23-35(30-60-37-7-3-2-4-8-37)50-41-20-19-38(29-42(41)62(58,59)45(47,48)49)61(57)51-44(56)33-13-17-36(18-14-33)53-25-21-32(22-26-53)43(55)40-10-6-5-9-39(40)31-11-15-34(46)16-12-31/h2-20,29,32,35,43,50,54-55H,21-28,30H2,1H3,(H,51,56)/t35-,43-,61?/m1/s1. The maximum atomic E-state index is 14.1. The Kier molecular flexibility index (Phi) is 16.2. The van der Waals surface area contributed by atoms with Crippen molar-refractivity contribution in [2.24, 2.45) is 5.92 Å². The number of likely N-dealkylation sites (N-methyl/N-ethyl adjacent to an activating group) is 1. The van der Waals surface area contributed by atoms with E-state index in [9.17, 15) is 40.8 Å². The van der Waals surface area contributed by atoms with E-state index in [0.29, 0.717) is 62.3 Å². The molecule has 1 unspecified atom stereocenters. The van der Waals surface area contributed by atoms with Crippen LogP contribution in [0.4, 0.5) is 24.5 Å². The van der Waals surface area contributed by atoms with Crippen molar-refractivity contribution in [1.29, 1.82) is 0 Å². The van der Waals surface area contributed by atoms with Gasteiger partial charge in [0.1, 0.15) is 4.90 Å². The fourth-order valence-electron chi connectivity index (χ4n) is 7.27. The molecule has 62 heavy (non-hydrogen) atoms. The van der Waals surface area contributed by atoms with E-state index in [2.05, 4.69) is 14.9 Å². The molecule has 1 saturated heterocycles. The van der Waals surface area contributed by atoms with Crippen LogP contribution in [0.3, 0.4) is 0 Å². The molecular weight excluding hydrogens is 881 g/mol. The summed E-state index contributed by atoms with van der Waals surface area (Å²) >= 11 is 7.54. The molecule has 1 fully saturated rings. The fourth-order valence-corrected chi connectivity index (χ4v) is 10.2. The van der Waals surface area contributed by atoms with E-state index in [4.69, 9.17) is 11.6 Å². The van der Waals surface area contributed by atoms with Crippen molar-refractivity contribution < 1.29 is 40.8 Å². The first-order valence-electron chi connectivity index (χ1n) is 19.9. The quantitative estimate of drug-likeness (QED) is 0.0633. The molecule has 5 aromatic rings. The van der Waals surface area contributed by atoms with Gasteiger partial charge in [-0.1, -0.05) is 66.2 Å². The number of nitrogens with zero attached hydrogens (tertiary/aromatic N) is 2. The minimum Gasteiger partial charge on any atom is -0.395 e. The first-order valence-corrected chi connectivity index (χ1v) is 23.9. The lowest BCUT2D eigenvalue weighted by Gasteiger charge is -2.36. The van der Waals surface area contributed by atoms with Crippen LogP contribution >= 0.6 is 23.4 Å². The second-order valence-electron chi connectivity index (χ2n) is 15.0. The molecule has 0 radical (unpaired) electrons. The number of hydrogen-bond acceptors (Lipinski definition) is 10. The van der Waals surface area contributed by atoms with Crippen LogP contribution in [0.15, 0.2) is 136 Å². The minimum atomic E-state index is -5.93. The number of aliphatic hydroxyl groups excluding tert-OH is 2. The topological polar surface area (TPSA) is 139 Å². The molecule has 1 amide bonds. The normalized spacial score (nSPS) is 15.3. The summed E-state index contributed by atoms with van der Waals surface area (Å²) in [6, 6.07) is 33.7. The Morgan fingerprint density at radius 2 is 1.60 bits per heavy atom. The Morgan fingerprint density at radius 1 is 0.935 bits per heavy atom. The molecule has 0 saturated carbocycles. The highest BCUT2D eigenvalue weighted by molar-refractivity contribution is 7.99. The van der Waals surface area contributed by atoms with Gasteiger partial charge in [0.25, 0.3) is 15.7 Å². The fraction of sp³-hybridized carbons (Fsp3) is 0.311. The molecule has 6 rings (SSSR count). The van der Waals surface area contributed by atoms with Crippen molar-refractivity contribution in [3.8, 4) is 11.1 Å². The molecule has 0 aliphatic carbocycles. The zero-order chi connectivity index (χ0) is 44.4. The molecule has 1 aliphatic rings. The van der Waals surface area contributed by atoms with Gasteiger partial charge in [-0.25, -0.2) is 12.6 Å². The number of piperidine rings is 1. The molecule has 17 heteroatoms. The summed E-state index contributed by atoms with van der Waals surface area (Å²) in [6.07, 6.45) is 1.15. The molecule has 5 aromatic carbocycles. The summed E-state index contributed by atoms with van der Waals surface area (Å²) in [4.78, 5) is 16.7. The van der Waals surface area contributed by atoms with Crippen LogP contribution in [0, 0.1) is 5.92 Å². The van der Waals surface area contributed by atoms with Crippen LogP contribution in [-0.4, -0.2) is 90.8 Å². The van der Waals surface area contributed by atoms with E-state index >= 15 is 0 Å². The van der Waals surface area contributed by atoms with Gasteiger partial charge in [0.2, 0.25) is 0 Å². The number of amides is 1. The van der Waals surface area contributed by atoms with Gasteiger partial charge in [-0.3, -0.25) is 9.52 Å². The Hall–Kier alpha value is -4.42. The molecule has 0 bridgehead atoms. The largest absolute Gasteiger partial charge is 0.501 e. The number of alkyl halides is 3. The third-order valence-corrected chi connectivity index (χ3v) is 14.8. The van der Waals surface area contributed by atoms with E-state index < -0.39 is 49.3 Å². The number of anilines is 2. The Bertz CT molecular complexity index is 2410. The third kappa shape index (κ3) is 12.0. The van der Waals surface area contributed by atoms with E-state index in [-0.39, 0.29) is 28.7 Å². The lowest BCUT2D eigenvalue weighted by molar-refractivity contribution is -0.0435. The number of hydrogen-bond donors (Lipinski definition) is 4. The average molecular weight is 930 g/mol. The van der Waals surface area contributed by atoms with E-state index in [1.165, 1.54) is 17.8 Å². The smallest absolute Gasteiger partial charge is 0.395 e. The number of thioether (sulfide) groups is 1. The Morgan fingerprint density at radius 3 is 2.26 bits per heavy atom. The van der Waals surface area contributed by atoms with Crippen molar-refractivity contribution in [2.45, 2.75) is 51.6 Å². The maximum Gasteiger partial charge on any atom is 0.501 e. The summed E-state index contributed by atoms with van der Waals surface area (Å²) < 4.78 is 83.8. The van der Waals surface area contributed by atoms with Gasteiger partial charge >= 0.3 is 5.51 Å². The molecule has 0 aromatic heterocycles. The Labute approximate surface area is 372 Å². The van der Waals surface area contributed by atoms with Crippen molar-refractivity contribution in [3.63, 3.8) is 0 Å². The highest BCUT2D eigenvalue weighted by Crippen LogP contribution is 2.39. The number of carbonyl (C=O) groups excluding carboxylic acids is 1. The summed E-state index contributed by atoms with van der Waals surface area (Å²) in [7, 11) is -6.58. The molecule has 4 N–H and O–H groups in total. The molecule has 0 spiro atoms. The molecule has 1 heterocycles. The molecule has 3 atom stereocenters. The second-order valence-corrected chi connectivity index (χ2v) is 19.7. The van der Waals surface area contributed by atoms with Crippen LogP contribution in [0.25, 0.3) is 11.1 Å². The van der Waals surface area contributed by atoms with Gasteiger partial charge in [0.05, 0.1) is 23.3 Å². The zero-order valence-electron chi connectivity index (χ0n) is 33.8. The van der Waals surface area contributed by atoms with Gasteiger partial charge in [-0.2, -0.15) is 13.2 Å². The lowest BCUT2D eigenvalue weighted by Crippen LogP contribution is -2.35. The van der Waals surface area contributed by atoms with Gasteiger partial charge in [-0.15, -0.1) is 11.8 Å². The molecular formula is C45H48ClF3N4O6S3. The first-order chi connectivity index (χ1) is 29.6. The molecule has 1 aliphatic heterocycles. The summed E-state index contributed by atoms with van der Waals surface area (Å²) in [5.74, 6) is -0.392. The number of nitrogens with one attached hydrogen (secondary N) is 2. The van der Waals surface area contributed by atoms with Crippen molar-refractivity contribution >= 4 is 61.5 Å². The lowest BCUT2D eigenvalue weighted by atomic mass is 9.84. The number of sulfone groups is 1. The third-order valence-electron chi connectivity index (χ3n) is 10.8. The highest BCUT2D eigenvalue weighted by atomic mass is 35.5. The van der Waals surface area contributed by atoms with E-state index in [0.717, 1.165) is 33.3 Å². The van der Waals surface area contributed by atoms with Crippen LogP contribution in [0.1, 0.15) is 41.3 Å². The molecule has 330 valence electrons. The van der Waals surface area contributed by atoms with Crippen LogP contribution in [0.2, 0.25) is 5.02 Å². The number of benzene rings is 5. The maximum absolute atomic E-state index is 14.1. The van der Waals surface area contributed by atoms with Crippen molar-refractivity contribution in [3.05, 3.63) is 137 Å². The average Bonchev–Trinajstić information content (AvgIpc) is 3.27. The molecule has 10 nitrogen and oxygen atoms in total. The highest BCUT2D eigenvalue weighted by Gasteiger charge is 2.48. The number of rotatable bonds is 18. The Balaban J connectivity index is 1.11. The number of carbonyl (C=O) groups is 1. The van der Waals surface area contributed by atoms with Gasteiger partial charge in [-0.05, 0) is 122 Å². The van der Waals surface area contributed by atoms with Gasteiger partial charge in [0.15, 0.2) is 11.0 Å². The monoisotopic (exact) mass is 928 g/mol. The van der Waals surface area contributed by atoms with Crippen LogP contribution < -0.4 is 14.9 Å². The van der Waals surface area contributed by atoms with Gasteiger partial charge in [0, 0.05) is 52.6 Å². The zero-order valence-corrected chi connectivity index (χ0v) is 37.0. The summed E-state index contributed by atoms with van der Waals surface area (Å²) in [5.41, 5.74) is -2.25. The van der Waals surface area contributed by atoms with Crippen LogP contribution in [0.5, 0.6) is 0 Å². The number of halogens is 4. The SMILES string of the molecule is CN(CCO)CC[C@H](CSc1ccccc1)Nc1ccc(S(=O)NC(=O)c2ccc(N3CCC([C@@H](O)c4ccccc4-c4ccc(Cl)cc4)CC3)cc2)cc1S(=O)(=O)C(F)(F)F. The summed E-state index contributed by atoms with van der Waals surface area (Å²) in [6.45, 7) is 2.05. The second kappa shape index (κ2) is 21.3. The summed E-state index contributed by atoms with van der Waals surface area (Å²) in [5, 5.41) is 24.4. The predicted molar refractivity (Wildman–Crippen MR) is 241 cm³/mol. The van der Waals surface area contributed by atoms with Crippen molar-refractivity contribution in [1.82, 2.24) is 9.62 Å². The minimum absolute atomic E-state index is 0.0145. The van der Waals surface area contributed by atoms with Crippen LogP contribution in [-0.2, 0) is 20.8 Å².